The van der Waals surface area contributed by atoms with Gasteiger partial charge < -0.3 is 34.7 Å². The summed E-state index contributed by atoms with van der Waals surface area (Å²) in [5, 5.41) is 24.9. The molecule has 0 bridgehead atoms. The predicted molar refractivity (Wildman–Crippen MR) is 150 cm³/mol. The van der Waals surface area contributed by atoms with Gasteiger partial charge in [-0.3, -0.25) is 13.9 Å². The number of aliphatic hydroxyl groups is 2. The van der Waals surface area contributed by atoms with Crippen molar-refractivity contribution in [2.45, 2.75) is 64.7 Å². The molecule has 1 aliphatic rings. The molecular formula is C26H37N6O9P. The number of imidazole rings is 1. The molecule has 2 aromatic heterocycles. The van der Waals surface area contributed by atoms with Gasteiger partial charge in [0.2, 0.25) is 11.8 Å². The molecule has 3 aromatic rings. The van der Waals surface area contributed by atoms with Gasteiger partial charge in [0, 0.05) is 0 Å². The summed E-state index contributed by atoms with van der Waals surface area (Å²) in [6.07, 6.45) is -2.58. The molecule has 1 aromatic carbocycles. The van der Waals surface area contributed by atoms with E-state index in [0.29, 0.717) is 0 Å². The highest BCUT2D eigenvalue weighted by molar-refractivity contribution is 7.52. The molecule has 0 radical (unpaired) electrons. The summed E-state index contributed by atoms with van der Waals surface area (Å²) in [7, 11) is -2.87. The number of fused-ring (bicyclic) bond motifs is 1. The molecule has 15 nitrogen and oxygen atoms in total. The van der Waals surface area contributed by atoms with Gasteiger partial charge in [0.15, 0.2) is 17.4 Å². The fraction of sp³-hybridized carbons (Fsp3) is 0.538. The van der Waals surface area contributed by atoms with Gasteiger partial charge >= 0.3 is 13.7 Å². The van der Waals surface area contributed by atoms with Crippen LogP contribution in [-0.2, 0) is 23.4 Å². The highest BCUT2D eigenvalue weighted by Gasteiger charge is 2.54. The van der Waals surface area contributed by atoms with E-state index in [1.807, 2.05) is 20.8 Å². The number of hydrogen-bond donors (Lipinski definition) is 4. The number of esters is 1. The van der Waals surface area contributed by atoms with Crippen LogP contribution in [0.1, 0.15) is 40.8 Å². The van der Waals surface area contributed by atoms with Crippen LogP contribution in [0.4, 0.5) is 5.95 Å². The van der Waals surface area contributed by atoms with E-state index in [0.717, 1.165) is 0 Å². The number of aliphatic hydroxyl groups excluding tert-OH is 1. The van der Waals surface area contributed by atoms with Gasteiger partial charge in [-0.05, 0) is 31.4 Å². The van der Waals surface area contributed by atoms with Crippen LogP contribution in [0.5, 0.6) is 11.6 Å². The second kappa shape index (κ2) is 12.1. The Labute approximate surface area is 242 Å². The highest BCUT2D eigenvalue weighted by atomic mass is 31.2. The third-order valence-electron chi connectivity index (χ3n) is 6.34. The zero-order chi connectivity index (χ0) is 30.9. The number of nitrogens with zero attached hydrogens (tertiary/aromatic N) is 4. The van der Waals surface area contributed by atoms with Gasteiger partial charge in [0.05, 0.1) is 26.7 Å². The Balaban J connectivity index is 1.54. The third-order valence-corrected chi connectivity index (χ3v) is 7.98. The summed E-state index contributed by atoms with van der Waals surface area (Å²) in [5.74, 6) is -0.430. The first kappa shape index (κ1) is 31.6. The molecule has 0 saturated carbocycles. The maximum atomic E-state index is 13.9. The molecule has 0 amide bonds. The number of rotatable bonds is 11. The zero-order valence-electron chi connectivity index (χ0n) is 24.3. The first-order valence-corrected chi connectivity index (χ1v) is 14.7. The van der Waals surface area contributed by atoms with E-state index >= 15 is 0 Å². The number of nitrogen functional groups attached to an aromatic ring is 1. The van der Waals surface area contributed by atoms with Crippen LogP contribution in [0.25, 0.3) is 11.2 Å². The standard InChI is InChI=1S/C26H37N6O9P/c1-15(22(34)38-13-25(2,3)4)31-42(36,41-16-10-8-7-9-11-16)39-12-17-19(33)26(5,35)23(40-17)32-14-28-18-20(32)29-24(27)30-21(18)37-6/h7-11,14-15,17,19,23,33,35H,12-13H2,1-6H3,(H,31,36)(H2,27,29,30)/t15-,17?,19?,23?,26?,42?/m0/s1. The lowest BCUT2D eigenvalue weighted by Crippen LogP contribution is -2.44. The normalized spacial score (nSPS) is 24.7. The summed E-state index contributed by atoms with van der Waals surface area (Å²) >= 11 is 0. The maximum absolute atomic E-state index is 13.9. The molecule has 0 spiro atoms. The summed E-state index contributed by atoms with van der Waals surface area (Å²) in [6, 6.07) is 7.14. The molecule has 6 atom stereocenters. The number of benzene rings is 1. The van der Waals surface area contributed by atoms with E-state index < -0.39 is 50.4 Å². The van der Waals surface area contributed by atoms with Gasteiger partial charge in [-0.15, -0.1) is 0 Å². The first-order chi connectivity index (χ1) is 19.6. The lowest BCUT2D eigenvalue weighted by atomic mass is 9.96. The SMILES string of the molecule is COc1nc(N)nc2c1ncn2C1OC(COP(=O)(N[C@@H](C)C(=O)OCC(C)(C)C)Oc2ccccc2)C(O)C1(C)O. The second-order valence-corrected chi connectivity index (χ2v) is 13.0. The number of hydrogen-bond acceptors (Lipinski definition) is 13. The van der Waals surface area contributed by atoms with E-state index in [-0.39, 0.29) is 40.8 Å². The Hall–Kier alpha value is -3.33. The number of nitrogens with one attached hydrogen (secondary N) is 1. The van der Waals surface area contributed by atoms with Crippen molar-refractivity contribution in [3.63, 3.8) is 0 Å². The molecule has 3 heterocycles. The maximum Gasteiger partial charge on any atom is 0.459 e. The van der Waals surface area contributed by atoms with Crippen LogP contribution in [0.15, 0.2) is 36.7 Å². The largest absolute Gasteiger partial charge is 0.479 e. The number of nitrogens with two attached hydrogens (primary N) is 1. The predicted octanol–water partition coefficient (Wildman–Crippen LogP) is 2.20. The van der Waals surface area contributed by atoms with Gasteiger partial charge in [-0.1, -0.05) is 39.0 Å². The van der Waals surface area contributed by atoms with E-state index in [9.17, 15) is 19.6 Å². The van der Waals surface area contributed by atoms with Crippen LogP contribution < -0.4 is 20.1 Å². The van der Waals surface area contributed by atoms with Crippen LogP contribution in [-0.4, -0.2) is 79.9 Å². The van der Waals surface area contributed by atoms with Crippen molar-refractivity contribution in [3.05, 3.63) is 36.7 Å². The quantitative estimate of drug-likeness (QED) is 0.182. The Morgan fingerprint density at radius 1 is 1.29 bits per heavy atom. The van der Waals surface area contributed by atoms with Gasteiger partial charge in [0.25, 0.3) is 0 Å². The summed E-state index contributed by atoms with van der Waals surface area (Å²) in [5.41, 5.74) is 4.11. The molecule has 42 heavy (non-hydrogen) atoms. The first-order valence-electron chi connectivity index (χ1n) is 13.2. The molecule has 1 fully saturated rings. The van der Waals surface area contributed by atoms with E-state index in [1.165, 1.54) is 31.9 Å². The fourth-order valence-corrected chi connectivity index (χ4v) is 5.68. The lowest BCUT2D eigenvalue weighted by Gasteiger charge is -2.27. The fourth-order valence-electron chi connectivity index (χ4n) is 4.18. The minimum Gasteiger partial charge on any atom is -0.479 e. The minimum atomic E-state index is -4.27. The van der Waals surface area contributed by atoms with Crippen molar-refractivity contribution in [1.82, 2.24) is 24.6 Å². The number of aromatic nitrogens is 4. The number of carbonyl (C=O) groups is 1. The average molecular weight is 609 g/mol. The number of anilines is 1. The molecule has 230 valence electrons. The van der Waals surface area contributed by atoms with Gasteiger partial charge in [0.1, 0.15) is 29.6 Å². The Morgan fingerprint density at radius 2 is 1.98 bits per heavy atom. The van der Waals surface area contributed by atoms with Crippen LogP contribution in [0.3, 0.4) is 0 Å². The molecule has 1 aliphatic heterocycles. The third kappa shape index (κ3) is 7.00. The number of carbonyl (C=O) groups excluding carboxylic acids is 1. The smallest absolute Gasteiger partial charge is 0.459 e. The van der Waals surface area contributed by atoms with Crippen molar-refractivity contribution in [3.8, 4) is 11.6 Å². The summed E-state index contributed by atoms with van der Waals surface area (Å²) in [4.78, 5) is 25.0. The monoisotopic (exact) mass is 608 g/mol. The summed E-state index contributed by atoms with van der Waals surface area (Å²) < 4.78 is 43.2. The molecule has 5 unspecified atom stereocenters. The minimum absolute atomic E-state index is 0.0978. The van der Waals surface area contributed by atoms with Crippen molar-refractivity contribution >= 4 is 30.8 Å². The highest BCUT2D eigenvalue weighted by Crippen LogP contribution is 2.47. The number of methoxy groups -OCH3 is 1. The van der Waals surface area contributed by atoms with Crippen LogP contribution >= 0.6 is 7.75 Å². The Kier molecular flexibility index (Phi) is 9.11. The Morgan fingerprint density at radius 3 is 2.62 bits per heavy atom. The molecule has 4 rings (SSSR count). The molecule has 1 saturated heterocycles. The van der Waals surface area contributed by atoms with Crippen molar-refractivity contribution < 1.29 is 42.8 Å². The van der Waals surface area contributed by atoms with E-state index in [2.05, 4.69) is 20.0 Å². The van der Waals surface area contributed by atoms with Gasteiger partial charge in [-0.2, -0.15) is 15.1 Å². The van der Waals surface area contributed by atoms with Crippen LogP contribution in [0.2, 0.25) is 0 Å². The van der Waals surface area contributed by atoms with E-state index in [4.69, 9.17) is 29.0 Å². The average Bonchev–Trinajstić information content (AvgIpc) is 3.43. The molecule has 5 N–H and O–H groups in total. The second-order valence-electron chi connectivity index (χ2n) is 11.3. The van der Waals surface area contributed by atoms with Crippen LogP contribution in [0, 0.1) is 5.41 Å². The lowest BCUT2D eigenvalue weighted by molar-refractivity contribution is -0.148. The Bertz CT molecular complexity index is 1450. The molecule has 0 aliphatic carbocycles. The van der Waals surface area contributed by atoms with Crippen molar-refractivity contribution in [2.24, 2.45) is 5.41 Å². The molecular weight excluding hydrogens is 571 g/mol. The summed E-state index contributed by atoms with van der Waals surface area (Å²) in [6.45, 7) is 8.19. The van der Waals surface area contributed by atoms with Gasteiger partial charge in [-0.25, -0.2) is 9.55 Å². The van der Waals surface area contributed by atoms with Crippen molar-refractivity contribution in [1.29, 1.82) is 0 Å². The zero-order valence-corrected chi connectivity index (χ0v) is 25.1. The van der Waals surface area contributed by atoms with E-state index in [1.54, 1.807) is 30.3 Å². The topological polar surface area (TPSA) is 202 Å². The molecule has 16 heteroatoms. The van der Waals surface area contributed by atoms with Crippen molar-refractivity contribution in [2.75, 3.05) is 26.1 Å². The number of para-hydroxylation sites is 1. The number of ether oxygens (including phenoxy) is 3.